The molecule has 0 bridgehead atoms. The molecule has 4 aliphatic carbocycles. The Morgan fingerprint density at radius 3 is 2.35 bits per heavy atom. The van der Waals surface area contributed by atoms with Gasteiger partial charge in [-0.3, -0.25) is 14.5 Å². The van der Waals surface area contributed by atoms with Crippen LogP contribution < -0.4 is 0 Å². The number of furan rings is 1. The number of fused-ring (bicyclic) bond motifs is 6. The smallest absolute Gasteiger partial charge is 0.261 e. The minimum absolute atomic E-state index is 0.0287. The maximum atomic E-state index is 13.1. The van der Waals surface area contributed by atoms with Gasteiger partial charge in [0.2, 0.25) is 0 Å². The maximum absolute atomic E-state index is 13.1. The number of hydrogen-bond acceptors (Lipinski definition) is 6. The maximum Gasteiger partial charge on any atom is 0.261 e. The van der Waals surface area contributed by atoms with Gasteiger partial charge < -0.3 is 18.8 Å². The molecule has 8 atom stereocenters. The van der Waals surface area contributed by atoms with Crippen LogP contribution in [0.25, 0.3) is 0 Å². The van der Waals surface area contributed by atoms with Crippen molar-refractivity contribution < 1.29 is 23.5 Å². The highest BCUT2D eigenvalue weighted by Crippen LogP contribution is 2.71. The van der Waals surface area contributed by atoms with Crippen molar-refractivity contribution in [2.24, 2.45) is 34.5 Å². The van der Waals surface area contributed by atoms with E-state index in [1.165, 1.54) is 69.4 Å². The summed E-state index contributed by atoms with van der Waals surface area (Å²) in [6, 6.07) is 9.21. The number of imide groups is 1. The molecule has 1 saturated heterocycles. The number of hydrogen-bond donors (Lipinski definition) is 0. The molecular formula is C39H52N2O5. The summed E-state index contributed by atoms with van der Waals surface area (Å²) < 4.78 is 19.2. The second kappa shape index (κ2) is 11.9. The monoisotopic (exact) mass is 628 g/mol. The van der Waals surface area contributed by atoms with Crippen molar-refractivity contribution in [2.45, 2.75) is 96.2 Å². The van der Waals surface area contributed by atoms with Gasteiger partial charge in [-0.25, -0.2) is 0 Å². The third kappa shape index (κ3) is 4.77. The van der Waals surface area contributed by atoms with Crippen LogP contribution in [0, 0.1) is 34.5 Å². The Kier molecular flexibility index (Phi) is 7.97. The van der Waals surface area contributed by atoms with Crippen molar-refractivity contribution in [1.29, 1.82) is 0 Å². The van der Waals surface area contributed by atoms with Crippen LogP contribution in [0.1, 0.15) is 111 Å². The Morgan fingerprint density at radius 1 is 0.848 bits per heavy atom. The minimum Gasteiger partial charge on any atom is -0.472 e. The summed E-state index contributed by atoms with van der Waals surface area (Å²) in [5, 5.41) is 0. The summed E-state index contributed by atoms with van der Waals surface area (Å²) >= 11 is 0. The van der Waals surface area contributed by atoms with Crippen LogP contribution >= 0.6 is 0 Å². The van der Waals surface area contributed by atoms with Gasteiger partial charge in [-0.05, 0) is 131 Å². The highest BCUT2D eigenvalue weighted by molar-refractivity contribution is 6.21. The van der Waals surface area contributed by atoms with Gasteiger partial charge in [-0.15, -0.1) is 0 Å². The first kappa shape index (κ1) is 30.8. The predicted octanol–water partition coefficient (Wildman–Crippen LogP) is 7.31. The minimum atomic E-state index is -0.479. The highest BCUT2D eigenvalue weighted by Gasteiger charge is 2.66. The largest absolute Gasteiger partial charge is 0.472 e. The summed E-state index contributed by atoms with van der Waals surface area (Å²) in [6.07, 6.45) is 17.6. The molecule has 2 amide bonds. The van der Waals surface area contributed by atoms with Crippen molar-refractivity contribution >= 4 is 11.8 Å². The summed E-state index contributed by atoms with van der Waals surface area (Å²) in [5.41, 5.74) is 1.99. The topological polar surface area (TPSA) is 72.2 Å². The van der Waals surface area contributed by atoms with Crippen molar-refractivity contribution in [3.63, 3.8) is 0 Å². The summed E-state index contributed by atoms with van der Waals surface area (Å²) in [6.45, 7) is 10.2. The van der Waals surface area contributed by atoms with E-state index in [0.29, 0.717) is 41.1 Å². The van der Waals surface area contributed by atoms with Gasteiger partial charge >= 0.3 is 0 Å². The molecule has 3 heterocycles. The molecule has 0 N–H and O–H groups in total. The lowest BCUT2D eigenvalue weighted by Crippen LogP contribution is -2.56. The number of carbonyl (C=O) groups is 2. The van der Waals surface area contributed by atoms with Gasteiger partial charge in [0.1, 0.15) is 5.60 Å². The molecule has 7 heteroatoms. The van der Waals surface area contributed by atoms with E-state index in [1.54, 1.807) is 18.4 Å². The fourth-order valence-electron chi connectivity index (χ4n) is 11.8. The number of nitrogens with zero attached hydrogens (tertiary/aromatic N) is 2. The van der Waals surface area contributed by atoms with Crippen LogP contribution in [0.2, 0.25) is 0 Å². The van der Waals surface area contributed by atoms with Gasteiger partial charge in [0, 0.05) is 17.5 Å². The first-order valence-corrected chi connectivity index (χ1v) is 18.3. The van der Waals surface area contributed by atoms with E-state index in [4.69, 9.17) is 13.9 Å². The molecule has 1 aromatic heterocycles. The lowest BCUT2D eigenvalue weighted by molar-refractivity contribution is -0.184. The third-order valence-corrected chi connectivity index (χ3v) is 14.2. The molecule has 2 aromatic rings. The summed E-state index contributed by atoms with van der Waals surface area (Å²) in [7, 11) is 0. The van der Waals surface area contributed by atoms with Crippen LogP contribution in [-0.4, -0.2) is 67.1 Å². The van der Waals surface area contributed by atoms with Gasteiger partial charge in [0.05, 0.1) is 49.5 Å². The lowest BCUT2D eigenvalue weighted by atomic mass is 9.44. The van der Waals surface area contributed by atoms with Crippen molar-refractivity contribution in [2.75, 3.05) is 39.4 Å². The van der Waals surface area contributed by atoms with E-state index in [2.05, 4.69) is 24.8 Å². The molecule has 8 rings (SSSR count). The molecule has 3 unspecified atom stereocenters. The summed E-state index contributed by atoms with van der Waals surface area (Å²) in [5.74, 6) is 2.39. The Balaban J connectivity index is 0.957. The van der Waals surface area contributed by atoms with Gasteiger partial charge in [-0.1, -0.05) is 26.0 Å². The quantitative estimate of drug-likeness (QED) is 0.271. The van der Waals surface area contributed by atoms with Crippen molar-refractivity contribution in [3.8, 4) is 0 Å². The second-order valence-corrected chi connectivity index (χ2v) is 16.0. The van der Waals surface area contributed by atoms with E-state index in [0.717, 1.165) is 49.8 Å². The number of likely N-dealkylation sites (tertiary alicyclic amines) is 1. The zero-order chi connectivity index (χ0) is 31.5. The molecule has 1 aromatic carbocycles. The molecule has 4 saturated carbocycles. The molecule has 46 heavy (non-hydrogen) atoms. The van der Waals surface area contributed by atoms with E-state index in [1.807, 2.05) is 18.4 Å². The number of benzene rings is 1. The van der Waals surface area contributed by atoms with Crippen LogP contribution in [-0.2, 0) is 15.1 Å². The van der Waals surface area contributed by atoms with E-state index < -0.39 is 5.60 Å². The van der Waals surface area contributed by atoms with Crippen LogP contribution in [0.5, 0.6) is 0 Å². The predicted molar refractivity (Wildman–Crippen MR) is 175 cm³/mol. The Labute approximate surface area is 274 Å². The number of rotatable bonds is 9. The Hall–Kier alpha value is -2.48. The van der Waals surface area contributed by atoms with Crippen LogP contribution in [0.4, 0.5) is 0 Å². The molecule has 2 aliphatic heterocycles. The summed E-state index contributed by atoms with van der Waals surface area (Å²) in [4.78, 5) is 30.1. The highest BCUT2D eigenvalue weighted by atomic mass is 16.5. The van der Waals surface area contributed by atoms with E-state index in [-0.39, 0.29) is 23.8 Å². The molecular weight excluding hydrogens is 576 g/mol. The lowest BCUT2D eigenvalue weighted by Gasteiger charge is -2.62. The standard InChI is InChI=1S/C39H52N2O5/c1-37-15-11-29(45-23-20-40-18-5-6-19-40)25-27(37)9-10-32-33(37)12-16-38(2)34(32)13-17-39(38,28-14-22-44-26-28)46-24-21-41-35(42)30-7-3-4-8-31(30)36(41)43/h3-4,7-8,14,22,26-27,29,32-34H,5-6,9-13,15-21,23-25H2,1-2H3/t27?,29?,32-,33-,34+,37+,38+,39?/m1/s1. The van der Waals surface area contributed by atoms with E-state index >= 15 is 0 Å². The van der Waals surface area contributed by atoms with Crippen LogP contribution in [0.3, 0.4) is 0 Å². The van der Waals surface area contributed by atoms with Gasteiger partial charge in [-0.2, -0.15) is 0 Å². The van der Waals surface area contributed by atoms with Gasteiger partial charge in [0.25, 0.3) is 11.8 Å². The zero-order valence-electron chi connectivity index (χ0n) is 27.9. The van der Waals surface area contributed by atoms with Crippen LogP contribution in [0.15, 0.2) is 47.3 Å². The first-order chi connectivity index (χ1) is 22.3. The average molecular weight is 629 g/mol. The Morgan fingerprint density at radius 2 is 1.61 bits per heavy atom. The third-order valence-electron chi connectivity index (χ3n) is 14.2. The normalized spacial score (nSPS) is 38.9. The fraction of sp³-hybridized carbons (Fsp3) is 0.692. The van der Waals surface area contributed by atoms with Crippen molar-refractivity contribution in [1.82, 2.24) is 9.80 Å². The fourth-order valence-corrected chi connectivity index (χ4v) is 11.8. The molecule has 7 nitrogen and oxygen atoms in total. The molecule has 248 valence electrons. The zero-order valence-corrected chi connectivity index (χ0v) is 27.9. The number of ether oxygens (including phenoxy) is 2. The Bertz CT molecular complexity index is 1400. The SMILES string of the molecule is C[C@]12CCC(OCCN3CCCC3)CC1CC[C@@H]1[C@H]2CC[C@@]2(C)[C@H]1CCC2(OCCN1C(=O)c2ccccc2C1=O)c1ccoc1. The molecule has 6 aliphatic rings. The van der Waals surface area contributed by atoms with Gasteiger partial charge in [0.15, 0.2) is 0 Å². The second-order valence-electron chi connectivity index (χ2n) is 16.0. The number of amides is 2. The number of carbonyl (C=O) groups excluding carboxylic acids is 2. The average Bonchev–Trinajstić information content (AvgIpc) is 3.87. The molecule has 0 spiro atoms. The molecule has 0 radical (unpaired) electrons. The van der Waals surface area contributed by atoms with Crippen molar-refractivity contribution in [3.05, 3.63) is 59.5 Å². The molecule has 5 fully saturated rings. The van der Waals surface area contributed by atoms with E-state index in [9.17, 15) is 9.59 Å². The first-order valence-electron chi connectivity index (χ1n) is 18.3.